The lowest BCUT2D eigenvalue weighted by Crippen LogP contribution is -2.45. The number of carbonyl (C=O) groups excluding carboxylic acids is 2. The van der Waals surface area contributed by atoms with Gasteiger partial charge in [0.1, 0.15) is 0 Å². The Morgan fingerprint density at radius 2 is 0.573 bits per heavy atom. The van der Waals surface area contributed by atoms with Crippen molar-refractivity contribution in [1.29, 1.82) is 0 Å². The van der Waals surface area contributed by atoms with Crippen molar-refractivity contribution < 1.29 is 24.5 Å². The van der Waals surface area contributed by atoms with E-state index in [4.69, 9.17) is 4.74 Å². The van der Waals surface area contributed by atoms with E-state index in [1.807, 2.05) is 0 Å². The minimum absolute atomic E-state index is 0.0269. The number of nitrogens with one attached hydrogen (secondary N) is 1. The molecule has 1 amide bonds. The number of aliphatic hydroxyl groups excluding tert-OH is 2. The maximum Gasteiger partial charge on any atom is 0.305 e. The van der Waals surface area contributed by atoms with Crippen LogP contribution in [0, 0.1) is 0 Å². The van der Waals surface area contributed by atoms with Crippen LogP contribution in [0.3, 0.4) is 0 Å². The minimum atomic E-state index is -0.658. The van der Waals surface area contributed by atoms with E-state index in [2.05, 4.69) is 31.3 Å². The molecule has 0 rings (SSSR count). The SMILES string of the molecule is CCCCCCCCCCCCCCCCCCC(=O)OCCCCCCCCCCCCCCCCCCCC/C=C\CCCCCCCCCCCCCCCCCCCC(=O)NC(CO)C(O)CCCCCCCCCCCC. The highest BCUT2D eigenvalue weighted by Gasteiger charge is 2.20. The van der Waals surface area contributed by atoms with Gasteiger partial charge in [0, 0.05) is 12.8 Å². The molecule has 0 aliphatic carbocycles. The number of ether oxygens (including phenoxy) is 1. The fourth-order valence-corrected chi connectivity index (χ4v) is 12.3. The summed E-state index contributed by atoms with van der Waals surface area (Å²) in [4.78, 5) is 24.5. The Balaban J connectivity index is 3.28. The first kappa shape index (κ1) is 80.6. The second kappa shape index (κ2) is 72.1. The molecule has 0 aromatic rings. The Morgan fingerprint density at radius 1 is 0.329 bits per heavy atom. The second-order valence-electron chi connectivity index (χ2n) is 26.3. The summed E-state index contributed by atoms with van der Waals surface area (Å²) in [7, 11) is 0. The summed E-state index contributed by atoms with van der Waals surface area (Å²) >= 11 is 0. The highest BCUT2D eigenvalue weighted by atomic mass is 16.5. The first-order valence-corrected chi connectivity index (χ1v) is 37.9. The summed E-state index contributed by atoms with van der Waals surface area (Å²) in [5, 5.41) is 23.2. The topological polar surface area (TPSA) is 95.9 Å². The van der Waals surface area contributed by atoms with E-state index >= 15 is 0 Å². The molecule has 0 aromatic carbocycles. The van der Waals surface area contributed by atoms with Gasteiger partial charge in [0.25, 0.3) is 0 Å². The molecule has 82 heavy (non-hydrogen) atoms. The van der Waals surface area contributed by atoms with Gasteiger partial charge in [-0.15, -0.1) is 0 Å². The van der Waals surface area contributed by atoms with Gasteiger partial charge in [0.05, 0.1) is 25.4 Å². The number of hydrogen-bond acceptors (Lipinski definition) is 5. The Morgan fingerprint density at radius 3 is 0.866 bits per heavy atom. The first-order valence-electron chi connectivity index (χ1n) is 37.9. The van der Waals surface area contributed by atoms with Crippen molar-refractivity contribution >= 4 is 11.9 Å². The zero-order valence-electron chi connectivity index (χ0n) is 56.0. The normalized spacial score (nSPS) is 12.5. The molecule has 0 radical (unpaired) electrons. The molecule has 3 N–H and O–H groups in total. The molecule has 2 atom stereocenters. The zero-order valence-corrected chi connectivity index (χ0v) is 56.0. The van der Waals surface area contributed by atoms with Crippen molar-refractivity contribution in [3.8, 4) is 0 Å². The van der Waals surface area contributed by atoms with Crippen LogP contribution in [0.2, 0.25) is 0 Å². The summed E-state index contributed by atoms with van der Waals surface area (Å²) < 4.78 is 5.51. The maximum absolute atomic E-state index is 12.5. The molecule has 488 valence electrons. The number of amides is 1. The number of esters is 1. The van der Waals surface area contributed by atoms with Crippen molar-refractivity contribution in [1.82, 2.24) is 5.32 Å². The van der Waals surface area contributed by atoms with Crippen LogP contribution in [0.25, 0.3) is 0 Å². The Labute approximate surface area is 514 Å². The van der Waals surface area contributed by atoms with Crippen LogP contribution < -0.4 is 5.32 Å². The van der Waals surface area contributed by atoms with Crippen LogP contribution in [0.5, 0.6) is 0 Å². The molecule has 0 aliphatic heterocycles. The number of carbonyl (C=O) groups is 2. The van der Waals surface area contributed by atoms with Gasteiger partial charge in [0.2, 0.25) is 5.91 Å². The van der Waals surface area contributed by atoms with Crippen molar-refractivity contribution in [2.24, 2.45) is 0 Å². The molecule has 6 nitrogen and oxygen atoms in total. The monoisotopic (exact) mass is 1160 g/mol. The first-order chi connectivity index (χ1) is 40.5. The average molecular weight is 1160 g/mol. The summed E-state index contributed by atoms with van der Waals surface area (Å²) in [5.74, 6) is -0.00294. The third-order valence-electron chi connectivity index (χ3n) is 18.1. The van der Waals surface area contributed by atoms with Gasteiger partial charge in [-0.25, -0.2) is 0 Å². The molecule has 0 saturated heterocycles. The second-order valence-corrected chi connectivity index (χ2v) is 26.3. The molecule has 0 bridgehead atoms. The predicted molar refractivity (Wildman–Crippen MR) is 361 cm³/mol. The van der Waals surface area contributed by atoms with Crippen LogP contribution in [0.1, 0.15) is 438 Å². The fraction of sp³-hybridized carbons (Fsp3) is 0.947. The van der Waals surface area contributed by atoms with Crippen molar-refractivity contribution in [2.75, 3.05) is 13.2 Å². The van der Waals surface area contributed by atoms with Crippen LogP contribution in [-0.2, 0) is 14.3 Å². The molecule has 0 fully saturated rings. The van der Waals surface area contributed by atoms with E-state index < -0.39 is 12.1 Å². The molecule has 0 aromatic heterocycles. The van der Waals surface area contributed by atoms with Crippen LogP contribution >= 0.6 is 0 Å². The third-order valence-corrected chi connectivity index (χ3v) is 18.1. The van der Waals surface area contributed by atoms with Gasteiger partial charge in [-0.2, -0.15) is 0 Å². The molecule has 6 heteroatoms. The van der Waals surface area contributed by atoms with E-state index in [1.165, 1.54) is 366 Å². The number of rotatable bonds is 72. The molecule has 2 unspecified atom stereocenters. The Bertz CT molecular complexity index is 1240. The Hall–Kier alpha value is -1.40. The van der Waals surface area contributed by atoms with E-state index in [0.717, 1.165) is 38.5 Å². The fourth-order valence-electron chi connectivity index (χ4n) is 12.3. The van der Waals surface area contributed by atoms with Gasteiger partial charge < -0.3 is 20.3 Å². The quantitative estimate of drug-likeness (QED) is 0.0320. The zero-order chi connectivity index (χ0) is 59.2. The molecule has 0 heterocycles. The van der Waals surface area contributed by atoms with E-state index in [-0.39, 0.29) is 18.5 Å². The summed E-state index contributed by atoms with van der Waals surface area (Å²) in [6.45, 7) is 4.98. The third kappa shape index (κ3) is 67.7. The van der Waals surface area contributed by atoms with Crippen molar-refractivity contribution in [3.63, 3.8) is 0 Å². The van der Waals surface area contributed by atoms with E-state index in [9.17, 15) is 19.8 Å². The molecule has 0 saturated carbocycles. The van der Waals surface area contributed by atoms with E-state index in [0.29, 0.717) is 25.9 Å². The lowest BCUT2D eigenvalue weighted by Gasteiger charge is -2.22. The Kier molecular flexibility index (Phi) is 70.8. The van der Waals surface area contributed by atoms with Gasteiger partial charge in [-0.3, -0.25) is 9.59 Å². The molecular weight excluding hydrogens is 1010 g/mol. The molecule has 0 spiro atoms. The smallest absolute Gasteiger partial charge is 0.305 e. The molecule has 0 aliphatic rings. The number of hydrogen-bond donors (Lipinski definition) is 3. The van der Waals surface area contributed by atoms with Gasteiger partial charge in [0.15, 0.2) is 0 Å². The van der Waals surface area contributed by atoms with Crippen LogP contribution in [0.4, 0.5) is 0 Å². The minimum Gasteiger partial charge on any atom is -0.466 e. The largest absolute Gasteiger partial charge is 0.466 e. The van der Waals surface area contributed by atoms with Gasteiger partial charge >= 0.3 is 5.97 Å². The lowest BCUT2D eigenvalue weighted by molar-refractivity contribution is -0.143. The van der Waals surface area contributed by atoms with Gasteiger partial charge in [-0.05, 0) is 51.4 Å². The summed E-state index contributed by atoms with van der Waals surface area (Å²) in [5.41, 5.74) is 0. The van der Waals surface area contributed by atoms with Crippen LogP contribution in [0.15, 0.2) is 12.2 Å². The maximum atomic E-state index is 12.5. The number of allylic oxidation sites excluding steroid dienone is 2. The summed E-state index contributed by atoms with van der Waals surface area (Å²) in [6.07, 6.45) is 90.3. The number of aliphatic hydroxyl groups is 2. The number of unbranched alkanes of at least 4 members (excludes halogenated alkanes) is 59. The van der Waals surface area contributed by atoms with Crippen molar-refractivity contribution in [2.45, 2.75) is 450 Å². The van der Waals surface area contributed by atoms with Crippen molar-refractivity contribution in [3.05, 3.63) is 12.2 Å². The standard InChI is InChI=1S/C76H149NO5/c1-3-5-7-9-11-13-15-16-17-44-47-50-54-58-62-66-70-76(81)82-71-67-63-59-55-51-48-45-42-40-38-36-34-32-30-28-26-24-22-20-18-19-21-23-25-27-29-31-33-35-37-39-41-43-46-49-53-57-61-65-69-75(80)77-73(72-78)74(79)68-64-60-56-52-14-12-10-8-6-4-2/h18-19,73-74,78-79H,3-17,20-72H2,1-2H3,(H,77,80)/b19-18-. The summed E-state index contributed by atoms with van der Waals surface area (Å²) in [6, 6.07) is -0.535. The predicted octanol–water partition coefficient (Wildman–Crippen LogP) is 24.7. The molecular formula is C76H149NO5. The average Bonchev–Trinajstić information content (AvgIpc) is 3.48. The highest BCUT2D eigenvalue weighted by Crippen LogP contribution is 2.20. The van der Waals surface area contributed by atoms with Gasteiger partial charge in [-0.1, -0.05) is 386 Å². The van der Waals surface area contributed by atoms with E-state index in [1.54, 1.807) is 0 Å². The lowest BCUT2D eigenvalue weighted by atomic mass is 10.0. The highest BCUT2D eigenvalue weighted by molar-refractivity contribution is 5.76. The van der Waals surface area contributed by atoms with Crippen LogP contribution in [-0.4, -0.2) is 47.4 Å².